The van der Waals surface area contributed by atoms with E-state index in [2.05, 4.69) is 15.5 Å². The normalized spacial score (nSPS) is 10.1. The van der Waals surface area contributed by atoms with Gasteiger partial charge < -0.3 is 10.4 Å². The molecule has 2 aromatic rings. The predicted octanol–water partition coefficient (Wildman–Crippen LogP) is 2.15. The quantitative estimate of drug-likeness (QED) is 0.807. The number of benzene rings is 1. The number of aromatic hydroxyl groups is 1. The maximum Gasteiger partial charge on any atom is 0.286 e. The van der Waals surface area contributed by atoms with E-state index in [0.717, 1.165) is 11.3 Å². The van der Waals surface area contributed by atoms with Crippen LogP contribution in [-0.2, 0) is 0 Å². The first-order chi connectivity index (χ1) is 7.65. The van der Waals surface area contributed by atoms with Gasteiger partial charge in [-0.25, -0.2) is 0 Å². The molecule has 1 aromatic carbocycles. The summed E-state index contributed by atoms with van der Waals surface area (Å²) >= 11 is 6.56. The summed E-state index contributed by atoms with van der Waals surface area (Å²) in [6.45, 7) is 0. The van der Waals surface area contributed by atoms with Crippen molar-refractivity contribution in [1.82, 2.24) is 10.2 Å². The van der Waals surface area contributed by atoms with Gasteiger partial charge in [0.25, 0.3) is 5.91 Å². The maximum absolute atomic E-state index is 11.6. The second-order valence-electron chi connectivity index (χ2n) is 2.86. The summed E-state index contributed by atoms with van der Waals surface area (Å²) in [5, 5.41) is 19.0. The minimum Gasteiger partial charge on any atom is -0.508 e. The lowest BCUT2D eigenvalue weighted by atomic mass is 10.3. The summed E-state index contributed by atoms with van der Waals surface area (Å²) < 4.78 is 0.218. The number of hydrogen-bond donors (Lipinski definition) is 2. The van der Waals surface area contributed by atoms with Crippen molar-refractivity contribution >= 4 is 34.5 Å². The highest BCUT2D eigenvalue weighted by Gasteiger charge is 2.11. The summed E-state index contributed by atoms with van der Waals surface area (Å²) in [5.41, 5.74) is 0.564. The molecule has 2 N–H and O–H groups in total. The predicted molar refractivity (Wildman–Crippen MR) is 61.0 cm³/mol. The van der Waals surface area contributed by atoms with Crippen LogP contribution in [0.15, 0.2) is 24.3 Å². The van der Waals surface area contributed by atoms with E-state index in [1.165, 1.54) is 12.1 Å². The second-order valence-corrected chi connectivity index (χ2v) is 4.42. The highest BCUT2D eigenvalue weighted by atomic mass is 35.5. The molecule has 7 heteroatoms. The molecule has 0 aliphatic carbocycles. The smallest absolute Gasteiger partial charge is 0.286 e. The van der Waals surface area contributed by atoms with E-state index in [1.54, 1.807) is 12.1 Å². The molecule has 0 atom stereocenters. The van der Waals surface area contributed by atoms with E-state index in [9.17, 15) is 4.79 Å². The fourth-order valence-electron chi connectivity index (χ4n) is 1.03. The Hall–Kier alpha value is -1.66. The summed E-state index contributed by atoms with van der Waals surface area (Å²) in [7, 11) is 0. The van der Waals surface area contributed by atoms with Gasteiger partial charge in [0.1, 0.15) is 5.75 Å². The molecule has 2 rings (SSSR count). The van der Waals surface area contributed by atoms with Gasteiger partial charge in [-0.15, -0.1) is 10.2 Å². The minimum absolute atomic E-state index is 0.136. The van der Waals surface area contributed by atoms with Crippen LogP contribution in [0.25, 0.3) is 0 Å². The maximum atomic E-state index is 11.6. The highest BCUT2D eigenvalue weighted by Crippen LogP contribution is 2.18. The Labute approximate surface area is 99.7 Å². The van der Waals surface area contributed by atoms with Crippen LogP contribution in [0.2, 0.25) is 4.47 Å². The number of amides is 1. The van der Waals surface area contributed by atoms with E-state index in [1.807, 2.05) is 0 Å². The molecule has 5 nitrogen and oxygen atoms in total. The number of carbonyl (C=O) groups is 1. The molecular weight excluding hydrogens is 250 g/mol. The van der Waals surface area contributed by atoms with Crippen LogP contribution < -0.4 is 5.32 Å². The Morgan fingerprint density at radius 3 is 2.56 bits per heavy atom. The van der Waals surface area contributed by atoms with Gasteiger partial charge in [-0.3, -0.25) is 4.79 Å². The number of phenolic OH excluding ortho intramolecular Hbond substituents is 1. The zero-order chi connectivity index (χ0) is 11.5. The first kappa shape index (κ1) is 10.8. The van der Waals surface area contributed by atoms with Gasteiger partial charge in [0.2, 0.25) is 9.47 Å². The van der Waals surface area contributed by atoms with Crippen molar-refractivity contribution in [3.8, 4) is 5.75 Å². The average Bonchev–Trinajstić information content (AvgIpc) is 2.68. The van der Waals surface area contributed by atoms with Gasteiger partial charge in [-0.2, -0.15) is 0 Å². The third kappa shape index (κ3) is 2.47. The van der Waals surface area contributed by atoms with Crippen molar-refractivity contribution in [3.63, 3.8) is 0 Å². The number of anilines is 1. The largest absolute Gasteiger partial charge is 0.508 e. The molecule has 0 radical (unpaired) electrons. The lowest BCUT2D eigenvalue weighted by Crippen LogP contribution is -2.11. The SMILES string of the molecule is O=C(Nc1ccc(O)cc1)c1nnc(Cl)s1. The van der Waals surface area contributed by atoms with Gasteiger partial charge in [0, 0.05) is 5.69 Å². The molecule has 1 heterocycles. The van der Waals surface area contributed by atoms with Crippen molar-refractivity contribution in [2.45, 2.75) is 0 Å². The van der Waals surface area contributed by atoms with Crippen LogP contribution in [0.5, 0.6) is 5.75 Å². The summed E-state index contributed by atoms with van der Waals surface area (Å²) in [6.07, 6.45) is 0. The zero-order valence-corrected chi connectivity index (χ0v) is 9.42. The molecule has 0 aliphatic heterocycles. The van der Waals surface area contributed by atoms with E-state index in [0.29, 0.717) is 5.69 Å². The van der Waals surface area contributed by atoms with Crippen LogP contribution in [0, 0.1) is 0 Å². The topological polar surface area (TPSA) is 75.1 Å². The summed E-state index contributed by atoms with van der Waals surface area (Å²) in [4.78, 5) is 11.6. The lowest BCUT2D eigenvalue weighted by Gasteiger charge is -2.01. The number of aromatic nitrogens is 2. The molecule has 0 aliphatic rings. The fourth-order valence-corrected chi connectivity index (χ4v) is 1.75. The number of nitrogens with one attached hydrogen (secondary N) is 1. The van der Waals surface area contributed by atoms with Crippen molar-refractivity contribution < 1.29 is 9.90 Å². The molecule has 0 unspecified atom stereocenters. The Morgan fingerprint density at radius 1 is 1.31 bits per heavy atom. The molecule has 82 valence electrons. The Kier molecular flexibility index (Phi) is 3.02. The Morgan fingerprint density at radius 2 is 2.00 bits per heavy atom. The number of rotatable bonds is 2. The molecule has 0 saturated carbocycles. The first-order valence-corrected chi connectivity index (χ1v) is 5.44. The molecule has 0 saturated heterocycles. The Balaban J connectivity index is 2.10. The van der Waals surface area contributed by atoms with Crippen molar-refractivity contribution in [3.05, 3.63) is 33.7 Å². The number of carbonyl (C=O) groups excluding carboxylic acids is 1. The monoisotopic (exact) mass is 255 g/mol. The molecule has 0 fully saturated rings. The van der Waals surface area contributed by atoms with Crippen LogP contribution in [0.3, 0.4) is 0 Å². The second kappa shape index (κ2) is 4.46. The molecule has 0 bridgehead atoms. The fraction of sp³-hybridized carbons (Fsp3) is 0. The van der Waals surface area contributed by atoms with Crippen LogP contribution in [0.1, 0.15) is 9.80 Å². The molecule has 16 heavy (non-hydrogen) atoms. The molecule has 1 aromatic heterocycles. The van der Waals surface area contributed by atoms with E-state index >= 15 is 0 Å². The van der Waals surface area contributed by atoms with Crippen molar-refractivity contribution in [2.24, 2.45) is 0 Å². The number of hydrogen-bond acceptors (Lipinski definition) is 5. The minimum atomic E-state index is -0.380. The summed E-state index contributed by atoms with van der Waals surface area (Å²) in [6, 6.07) is 6.11. The molecule has 1 amide bonds. The molecular formula is C9H6ClN3O2S. The van der Waals surface area contributed by atoms with Crippen LogP contribution in [0.4, 0.5) is 5.69 Å². The average molecular weight is 256 g/mol. The van der Waals surface area contributed by atoms with Crippen LogP contribution in [-0.4, -0.2) is 21.2 Å². The standard InChI is InChI=1S/C9H6ClN3O2S/c10-9-13-12-8(16-9)7(15)11-5-1-3-6(14)4-2-5/h1-4,14H,(H,11,15). The van der Waals surface area contributed by atoms with Gasteiger partial charge in [0.05, 0.1) is 0 Å². The van der Waals surface area contributed by atoms with Gasteiger partial charge in [-0.1, -0.05) is 11.3 Å². The van der Waals surface area contributed by atoms with E-state index in [-0.39, 0.29) is 21.1 Å². The third-order valence-electron chi connectivity index (χ3n) is 1.72. The zero-order valence-electron chi connectivity index (χ0n) is 7.85. The molecule has 0 spiro atoms. The number of halogens is 1. The summed E-state index contributed by atoms with van der Waals surface area (Å²) in [5.74, 6) is -0.243. The number of phenols is 1. The number of nitrogens with zero attached hydrogens (tertiary/aromatic N) is 2. The van der Waals surface area contributed by atoms with Crippen molar-refractivity contribution in [1.29, 1.82) is 0 Å². The van der Waals surface area contributed by atoms with Gasteiger partial charge in [-0.05, 0) is 35.9 Å². The third-order valence-corrected chi connectivity index (χ3v) is 2.74. The van der Waals surface area contributed by atoms with Crippen LogP contribution >= 0.6 is 22.9 Å². The van der Waals surface area contributed by atoms with Gasteiger partial charge >= 0.3 is 0 Å². The van der Waals surface area contributed by atoms with Crippen molar-refractivity contribution in [2.75, 3.05) is 5.32 Å². The highest BCUT2D eigenvalue weighted by molar-refractivity contribution is 7.17. The van der Waals surface area contributed by atoms with E-state index < -0.39 is 0 Å². The van der Waals surface area contributed by atoms with E-state index in [4.69, 9.17) is 16.7 Å². The Bertz CT molecular complexity index is 512. The van der Waals surface area contributed by atoms with Gasteiger partial charge in [0.15, 0.2) is 0 Å². The first-order valence-electron chi connectivity index (χ1n) is 4.24. The lowest BCUT2D eigenvalue weighted by molar-refractivity contribution is 0.102.